The Balaban J connectivity index is 1.05. The smallest absolute Gasteiger partial charge is 0.227 e. The van der Waals surface area contributed by atoms with Crippen LogP contribution in [0, 0.1) is 0 Å². The van der Waals surface area contributed by atoms with Gasteiger partial charge in [-0.1, -0.05) is 158 Å². The largest absolute Gasteiger partial charge is 0.435 e. The number of hydrogen-bond donors (Lipinski definition) is 0. The van der Waals surface area contributed by atoms with E-state index in [9.17, 15) is 0 Å². The van der Waals surface area contributed by atoms with Gasteiger partial charge >= 0.3 is 0 Å². The molecule has 0 radical (unpaired) electrons. The van der Waals surface area contributed by atoms with Gasteiger partial charge in [0.05, 0.1) is 0 Å². The van der Waals surface area contributed by atoms with Crippen molar-refractivity contribution in [3.8, 4) is 56.0 Å². The number of nitrogens with zero attached hydrogens (tertiary/aromatic N) is 2. The van der Waals surface area contributed by atoms with Crippen molar-refractivity contribution in [2.75, 3.05) is 4.90 Å². The van der Waals surface area contributed by atoms with Crippen LogP contribution >= 0.6 is 0 Å². The molecular weight excluding hydrogens is 681 g/mol. The number of rotatable bonds is 8. The number of anilines is 3. The van der Waals surface area contributed by atoms with Crippen molar-refractivity contribution >= 4 is 38.9 Å². The van der Waals surface area contributed by atoms with Gasteiger partial charge in [0.25, 0.3) is 0 Å². The van der Waals surface area contributed by atoms with E-state index in [1.54, 1.807) is 0 Å². The second kappa shape index (κ2) is 14.4. The lowest BCUT2D eigenvalue weighted by Crippen LogP contribution is -2.09. The van der Waals surface area contributed by atoms with Crippen molar-refractivity contribution < 1.29 is 4.42 Å². The maximum absolute atomic E-state index is 6.62. The summed E-state index contributed by atoms with van der Waals surface area (Å²) < 4.78 is 6.62. The Kier molecular flexibility index (Phi) is 8.51. The van der Waals surface area contributed by atoms with Gasteiger partial charge in [0.15, 0.2) is 5.58 Å². The molecule has 9 aromatic carbocycles. The van der Waals surface area contributed by atoms with Crippen LogP contribution in [-0.4, -0.2) is 4.98 Å². The van der Waals surface area contributed by atoms with Crippen molar-refractivity contribution in [3.63, 3.8) is 0 Å². The average Bonchev–Trinajstić information content (AvgIpc) is 3.74. The first-order valence-electron chi connectivity index (χ1n) is 18.9. The first kappa shape index (κ1) is 33.1. The van der Waals surface area contributed by atoms with Gasteiger partial charge in [0.1, 0.15) is 5.52 Å². The number of oxazole rings is 1. The number of fused-ring (bicyclic) bond motifs is 2. The van der Waals surface area contributed by atoms with Crippen LogP contribution in [0.15, 0.2) is 223 Å². The maximum atomic E-state index is 6.62. The molecule has 0 N–H and O–H groups in total. The van der Waals surface area contributed by atoms with Gasteiger partial charge in [-0.25, -0.2) is 4.98 Å². The molecule has 0 aliphatic heterocycles. The fourth-order valence-electron chi connectivity index (χ4n) is 7.63. The molecule has 1 heterocycles. The number of benzene rings is 9. The first-order chi connectivity index (χ1) is 27.7. The zero-order chi connectivity index (χ0) is 37.3. The Morgan fingerprint density at radius 2 is 0.750 bits per heavy atom. The lowest BCUT2D eigenvalue weighted by atomic mass is 9.98. The molecule has 264 valence electrons. The summed E-state index contributed by atoms with van der Waals surface area (Å²) in [4.78, 5) is 7.39. The van der Waals surface area contributed by atoms with Crippen molar-refractivity contribution in [1.29, 1.82) is 0 Å². The number of hydrogen-bond acceptors (Lipinski definition) is 3. The molecule has 0 unspecified atom stereocenters. The summed E-state index contributed by atoms with van der Waals surface area (Å²) in [5.41, 5.74) is 14.7. The molecule has 10 aromatic rings. The summed E-state index contributed by atoms with van der Waals surface area (Å²) in [6.45, 7) is 0. The normalized spacial score (nSPS) is 11.2. The Morgan fingerprint density at radius 1 is 0.321 bits per heavy atom. The van der Waals surface area contributed by atoms with Crippen LogP contribution in [0.5, 0.6) is 0 Å². The van der Waals surface area contributed by atoms with Gasteiger partial charge in [-0.15, -0.1) is 0 Å². The molecule has 0 atom stereocenters. The molecular formula is C53H36N2O. The third kappa shape index (κ3) is 6.31. The molecule has 10 rings (SSSR count). The quantitative estimate of drug-likeness (QED) is 0.157. The van der Waals surface area contributed by atoms with Crippen molar-refractivity contribution in [3.05, 3.63) is 218 Å². The van der Waals surface area contributed by atoms with Gasteiger partial charge in [-0.3, -0.25) is 0 Å². The summed E-state index contributed by atoms with van der Waals surface area (Å²) in [7, 11) is 0. The Labute approximate surface area is 326 Å². The zero-order valence-electron chi connectivity index (χ0n) is 30.6. The van der Waals surface area contributed by atoms with Crippen molar-refractivity contribution in [1.82, 2.24) is 4.98 Å². The number of aromatic nitrogens is 1. The van der Waals surface area contributed by atoms with E-state index >= 15 is 0 Å². The minimum Gasteiger partial charge on any atom is -0.435 e. The molecule has 3 heteroatoms. The lowest BCUT2D eigenvalue weighted by Gasteiger charge is -2.26. The molecule has 0 bridgehead atoms. The van der Waals surface area contributed by atoms with Gasteiger partial charge in [0, 0.05) is 33.8 Å². The van der Waals surface area contributed by atoms with Crippen LogP contribution in [0.25, 0.3) is 77.8 Å². The Bertz CT molecular complexity index is 2920. The van der Waals surface area contributed by atoms with Crippen LogP contribution in [0.4, 0.5) is 17.1 Å². The molecule has 0 aliphatic rings. The van der Waals surface area contributed by atoms with Crippen LogP contribution in [0.2, 0.25) is 0 Å². The summed E-state index contributed by atoms with van der Waals surface area (Å²) in [5.74, 6) is 0.610. The highest BCUT2D eigenvalue weighted by Crippen LogP contribution is 2.41. The summed E-state index contributed by atoms with van der Waals surface area (Å²) in [6.07, 6.45) is 0. The first-order valence-corrected chi connectivity index (χ1v) is 18.9. The van der Waals surface area contributed by atoms with Crippen molar-refractivity contribution in [2.24, 2.45) is 0 Å². The Hall–Kier alpha value is -7.49. The topological polar surface area (TPSA) is 29.3 Å². The molecule has 0 fully saturated rings. The second-order valence-corrected chi connectivity index (χ2v) is 14.0. The predicted octanol–water partition coefficient (Wildman–Crippen LogP) is 14.8. The van der Waals surface area contributed by atoms with E-state index in [0.717, 1.165) is 56.0 Å². The van der Waals surface area contributed by atoms with Crippen LogP contribution < -0.4 is 4.90 Å². The van der Waals surface area contributed by atoms with E-state index in [4.69, 9.17) is 9.40 Å². The third-order valence-corrected chi connectivity index (χ3v) is 10.5. The fourth-order valence-corrected chi connectivity index (χ4v) is 7.63. The molecule has 3 nitrogen and oxygen atoms in total. The van der Waals surface area contributed by atoms with Gasteiger partial charge in [-0.2, -0.15) is 0 Å². The minimum atomic E-state index is 0.610. The van der Waals surface area contributed by atoms with E-state index < -0.39 is 0 Å². The standard InChI is InChI=1S/C53H36N2O/c1-4-12-37(13-5-1)39-22-28-46(29-23-39)55(47-30-24-40(25-31-47)45-21-20-38-14-10-11-19-44(38)36-45)48-32-26-42(27-33-48)50-35-34-49(41-15-6-2-7-16-41)51-52(50)56-53(54-51)43-17-8-3-9-18-43/h1-36H. The molecule has 0 aliphatic carbocycles. The highest BCUT2D eigenvalue weighted by Gasteiger charge is 2.19. The molecule has 0 amide bonds. The van der Waals surface area contributed by atoms with Crippen LogP contribution in [0.1, 0.15) is 0 Å². The summed E-state index contributed by atoms with van der Waals surface area (Å²) in [5, 5.41) is 2.48. The van der Waals surface area contributed by atoms with E-state index in [-0.39, 0.29) is 0 Å². The zero-order valence-corrected chi connectivity index (χ0v) is 30.6. The van der Waals surface area contributed by atoms with E-state index in [1.807, 2.05) is 36.4 Å². The van der Waals surface area contributed by atoms with E-state index in [0.29, 0.717) is 5.89 Å². The van der Waals surface area contributed by atoms with Gasteiger partial charge < -0.3 is 9.32 Å². The highest BCUT2D eigenvalue weighted by molar-refractivity contribution is 6.01. The van der Waals surface area contributed by atoms with E-state index in [2.05, 4.69) is 187 Å². The second-order valence-electron chi connectivity index (χ2n) is 14.0. The molecule has 0 saturated heterocycles. The van der Waals surface area contributed by atoms with Crippen LogP contribution in [0.3, 0.4) is 0 Å². The summed E-state index contributed by atoms with van der Waals surface area (Å²) >= 11 is 0. The molecule has 1 aromatic heterocycles. The predicted molar refractivity (Wildman–Crippen MR) is 233 cm³/mol. The third-order valence-electron chi connectivity index (χ3n) is 10.5. The van der Waals surface area contributed by atoms with E-state index in [1.165, 1.54) is 33.0 Å². The monoisotopic (exact) mass is 716 g/mol. The highest BCUT2D eigenvalue weighted by atomic mass is 16.3. The minimum absolute atomic E-state index is 0.610. The SMILES string of the molecule is c1ccc(-c2ccc(N(c3ccc(-c4ccc5ccccc5c4)cc3)c3ccc(-c4ccc(-c5ccccc5)c5nc(-c6ccccc6)oc45)cc3)cc2)cc1. The summed E-state index contributed by atoms with van der Waals surface area (Å²) in [6, 6.07) is 77.0. The maximum Gasteiger partial charge on any atom is 0.227 e. The molecule has 56 heavy (non-hydrogen) atoms. The lowest BCUT2D eigenvalue weighted by molar-refractivity contribution is 0.621. The molecule has 0 saturated carbocycles. The van der Waals surface area contributed by atoms with Gasteiger partial charge in [0.2, 0.25) is 5.89 Å². The van der Waals surface area contributed by atoms with Crippen LogP contribution in [-0.2, 0) is 0 Å². The Morgan fingerprint density at radius 3 is 1.36 bits per heavy atom. The van der Waals surface area contributed by atoms with Crippen molar-refractivity contribution in [2.45, 2.75) is 0 Å². The fraction of sp³-hybridized carbons (Fsp3) is 0. The molecule has 0 spiro atoms. The van der Waals surface area contributed by atoms with Gasteiger partial charge in [-0.05, 0) is 105 Å². The average molecular weight is 717 g/mol.